The Morgan fingerprint density at radius 3 is 2.34 bits per heavy atom. The Morgan fingerprint density at radius 2 is 1.69 bits per heavy atom. The van der Waals surface area contributed by atoms with Gasteiger partial charge in [-0.3, -0.25) is 0 Å². The SMILES string of the molecule is CCOC(Cc1ccc2oc(CN3c4ccccc4Oc4ccccc43)cc2c1)C(=O)O. The van der Waals surface area contributed by atoms with E-state index in [1.165, 1.54) is 0 Å². The Labute approximate surface area is 185 Å². The van der Waals surface area contributed by atoms with Crippen molar-refractivity contribution in [1.29, 1.82) is 0 Å². The molecule has 1 unspecified atom stereocenters. The summed E-state index contributed by atoms with van der Waals surface area (Å²) in [5.41, 5.74) is 3.62. The summed E-state index contributed by atoms with van der Waals surface area (Å²) in [5, 5.41) is 10.3. The third kappa shape index (κ3) is 3.81. The monoisotopic (exact) mass is 429 g/mol. The summed E-state index contributed by atoms with van der Waals surface area (Å²) in [5.74, 6) is 1.47. The van der Waals surface area contributed by atoms with Gasteiger partial charge >= 0.3 is 5.97 Å². The largest absolute Gasteiger partial charge is 0.479 e. The molecule has 5 rings (SSSR count). The normalized spacial score (nSPS) is 13.3. The lowest BCUT2D eigenvalue weighted by Gasteiger charge is -2.32. The van der Waals surface area contributed by atoms with Crippen molar-refractivity contribution in [3.63, 3.8) is 0 Å². The molecule has 1 aromatic heterocycles. The number of aliphatic carboxylic acids is 1. The number of hydrogen-bond acceptors (Lipinski definition) is 5. The van der Waals surface area contributed by atoms with Crippen LogP contribution in [0.2, 0.25) is 0 Å². The molecule has 0 amide bonds. The summed E-state index contributed by atoms with van der Waals surface area (Å²) >= 11 is 0. The summed E-state index contributed by atoms with van der Waals surface area (Å²) in [7, 11) is 0. The molecule has 1 aliphatic heterocycles. The van der Waals surface area contributed by atoms with Crippen LogP contribution in [0.5, 0.6) is 11.5 Å². The minimum Gasteiger partial charge on any atom is -0.479 e. The smallest absolute Gasteiger partial charge is 0.333 e. The molecule has 6 nitrogen and oxygen atoms in total. The van der Waals surface area contributed by atoms with Crippen LogP contribution in [0.4, 0.5) is 11.4 Å². The van der Waals surface area contributed by atoms with E-state index in [1.807, 2.05) is 72.8 Å². The summed E-state index contributed by atoms with van der Waals surface area (Å²) in [6.07, 6.45) is -0.547. The number of benzene rings is 3. The van der Waals surface area contributed by atoms with E-state index in [0.29, 0.717) is 19.6 Å². The topological polar surface area (TPSA) is 72.1 Å². The number of ether oxygens (including phenoxy) is 2. The van der Waals surface area contributed by atoms with Crippen molar-refractivity contribution < 1.29 is 23.8 Å². The molecule has 2 heterocycles. The molecule has 1 N–H and O–H groups in total. The molecule has 0 saturated carbocycles. The number of nitrogens with zero attached hydrogens (tertiary/aromatic N) is 1. The Balaban J connectivity index is 1.45. The fraction of sp³-hybridized carbons (Fsp3) is 0.192. The summed E-state index contributed by atoms with van der Waals surface area (Å²) in [6, 6.07) is 23.6. The Kier molecular flexibility index (Phi) is 5.29. The van der Waals surface area contributed by atoms with Crippen LogP contribution in [0.15, 0.2) is 77.2 Å². The molecule has 1 aliphatic rings. The molecule has 3 aromatic carbocycles. The van der Waals surface area contributed by atoms with Crippen LogP contribution < -0.4 is 9.64 Å². The fourth-order valence-corrected chi connectivity index (χ4v) is 4.09. The lowest BCUT2D eigenvalue weighted by Crippen LogP contribution is -2.26. The average molecular weight is 429 g/mol. The van der Waals surface area contributed by atoms with Crippen LogP contribution in [-0.4, -0.2) is 23.8 Å². The molecule has 162 valence electrons. The van der Waals surface area contributed by atoms with Gasteiger partial charge in [0.1, 0.15) is 11.3 Å². The standard InChI is InChI=1S/C26H23NO5/c1-2-30-25(26(28)29)14-17-11-12-22-18(13-17)15-19(31-22)16-27-20-7-3-5-9-23(20)32-24-10-6-4-8-21(24)27/h3-13,15,25H,2,14,16H2,1H3,(H,28,29). The van der Waals surface area contributed by atoms with Gasteiger partial charge in [0.25, 0.3) is 0 Å². The number of para-hydroxylation sites is 4. The second kappa shape index (κ2) is 8.40. The van der Waals surface area contributed by atoms with Crippen molar-refractivity contribution in [1.82, 2.24) is 0 Å². The molecule has 0 spiro atoms. The lowest BCUT2D eigenvalue weighted by atomic mass is 10.1. The zero-order valence-corrected chi connectivity index (χ0v) is 17.7. The van der Waals surface area contributed by atoms with E-state index >= 15 is 0 Å². The van der Waals surface area contributed by atoms with Crippen molar-refractivity contribution in [2.45, 2.75) is 26.0 Å². The molecule has 1 atom stereocenters. The van der Waals surface area contributed by atoms with Gasteiger partial charge in [-0.15, -0.1) is 0 Å². The maximum atomic E-state index is 11.4. The minimum absolute atomic E-state index is 0.309. The van der Waals surface area contributed by atoms with Crippen LogP contribution in [0.1, 0.15) is 18.2 Å². The van der Waals surface area contributed by atoms with Crippen LogP contribution in [0, 0.1) is 0 Å². The van der Waals surface area contributed by atoms with Gasteiger partial charge in [-0.25, -0.2) is 4.79 Å². The number of carboxylic acids is 1. The predicted octanol–water partition coefficient (Wildman–Crippen LogP) is 5.91. The second-order valence-corrected chi connectivity index (χ2v) is 7.69. The van der Waals surface area contributed by atoms with E-state index in [-0.39, 0.29) is 0 Å². The van der Waals surface area contributed by atoms with Gasteiger partial charge in [0.2, 0.25) is 0 Å². The highest BCUT2D eigenvalue weighted by atomic mass is 16.5. The van der Waals surface area contributed by atoms with Crippen molar-refractivity contribution in [2.75, 3.05) is 11.5 Å². The fourth-order valence-electron chi connectivity index (χ4n) is 4.09. The first-order valence-electron chi connectivity index (χ1n) is 10.6. The molecule has 0 radical (unpaired) electrons. The van der Waals surface area contributed by atoms with Gasteiger partial charge in [-0.2, -0.15) is 0 Å². The molecule has 32 heavy (non-hydrogen) atoms. The zero-order chi connectivity index (χ0) is 22.1. The number of hydrogen-bond donors (Lipinski definition) is 1. The molecule has 0 bridgehead atoms. The van der Waals surface area contributed by atoms with Gasteiger partial charge in [0, 0.05) is 18.4 Å². The lowest BCUT2D eigenvalue weighted by molar-refractivity contribution is -0.149. The van der Waals surface area contributed by atoms with E-state index in [4.69, 9.17) is 13.9 Å². The average Bonchev–Trinajstić information content (AvgIpc) is 3.20. The highest BCUT2D eigenvalue weighted by Crippen LogP contribution is 2.47. The highest BCUT2D eigenvalue weighted by molar-refractivity contribution is 5.81. The van der Waals surface area contributed by atoms with Gasteiger partial charge in [0.05, 0.1) is 17.9 Å². The molecule has 6 heteroatoms. The van der Waals surface area contributed by atoms with E-state index < -0.39 is 12.1 Å². The first-order valence-corrected chi connectivity index (χ1v) is 10.6. The van der Waals surface area contributed by atoms with E-state index in [0.717, 1.165) is 45.2 Å². The summed E-state index contributed by atoms with van der Waals surface area (Å²) in [4.78, 5) is 13.6. The maximum absolute atomic E-state index is 11.4. The molecule has 0 fully saturated rings. The van der Waals surface area contributed by atoms with Gasteiger partial charge in [-0.1, -0.05) is 30.3 Å². The number of carboxylic acid groups (broad SMARTS) is 1. The number of fused-ring (bicyclic) bond motifs is 3. The minimum atomic E-state index is -0.954. The summed E-state index contributed by atoms with van der Waals surface area (Å²) < 4.78 is 17.5. The third-order valence-corrected chi connectivity index (χ3v) is 5.54. The van der Waals surface area contributed by atoms with Crippen molar-refractivity contribution >= 4 is 28.3 Å². The third-order valence-electron chi connectivity index (χ3n) is 5.54. The maximum Gasteiger partial charge on any atom is 0.333 e. The van der Waals surface area contributed by atoms with Crippen LogP contribution in [-0.2, 0) is 22.5 Å². The highest BCUT2D eigenvalue weighted by Gasteiger charge is 2.25. The van der Waals surface area contributed by atoms with Gasteiger partial charge in [-0.05, 0) is 55.0 Å². The van der Waals surface area contributed by atoms with Crippen molar-refractivity contribution in [3.05, 3.63) is 84.1 Å². The quantitative estimate of drug-likeness (QED) is 0.394. The molecule has 0 aliphatic carbocycles. The Morgan fingerprint density at radius 1 is 1.00 bits per heavy atom. The molecular formula is C26H23NO5. The predicted molar refractivity (Wildman–Crippen MR) is 122 cm³/mol. The number of anilines is 2. The van der Waals surface area contributed by atoms with Gasteiger partial charge in [0.15, 0.2) is 17.6 Å². The Bertz CT molecular complexity index is 1230. The van der Waals surface area contributed by atoms with Gasteiger partial charge < -0.3 is 23.9 Å². The molecule has 4 aromatic rings. The van der Waals surface area contributed by atoms with Crippen molar-refractivity contribution in [2.24, 2.45) is 0 Å². The number of rotatable bonds is 7. The van der Waals surface area contributed by atoms with Crippen LogP contribution >= 0.6 is 0 Å². The Hall–Kier alpha value is -3.77. The first kappa shape index (κ1) is 20.2. The molecular weight excluding hydrogens is 406 g/mol. The van der Waals surface area contributed by atoms with Crippen molar-refractivity contribution in [3.8, 4) is 11.5 Å². The zero-order valence-electron chi connectivity index (χ0n) is 17.7. The first-order chi connectivity index (χ1) is 15.6. The number of furan rings is 1. The second-order valence-electron chi connectivity index (χ2n) is 7.69. The van der Waals surface area contributed by atoms with E-state index in [1.54, 1.807) is 6.92 Å². The van der Waals surface area contributed by atoms with E-state index in [9.17, 15) is 9.90 Å². The summed E-state index contributed by atoms with van der Waals surface area (Å²) in [6.45, 7) is 2.69. The van der Waals surface area contributed by atoms with Crippen LogP contribution in [0.3, 0.4) is 0 Å². The van der Waals surface area contributed by atoms with E-state index in [2.05, 4.69) is 4.90 Å². The molecule has 0 saturated heterocycles. The number of carbonyl (C=O) groups is 1. The van der Waals surface area contributed by atoms with Crippen LogP contribution in [0.25, 0.3) is 11.0 Å².